The molecule has 0 saturated carbocycles. The summed E-state index contributed by atoms with van der Waals surface area (Å²) in [5, 5.41) is 15.7. The zero-order valence-electron chi connectivity index (χ0n) is 14.7. The molecule has 3 rings (SSSR count). The van der Waals surface area contributed by atoms with Crippen molar-refractivity contribution in [2.45, 2.75) is 25.1 Å². The first-order valence-electron chi connectivity index (χ1n) is 8.13. The van der Waals surface area contributed by atoms with Crippen LogP contribution in [0.25, 0.3) is 6.08 Å². The molecule has 7 nitrogen and oxygen atoms in total. The molecule has 140 valence electrons. The van der Waals surface area contributed by atoms with E-state index in [0.29, 0.717) is 12.4 Å². The van der Waals surface area contributed by atoms with Gasteiger partial charge in [0.2, 0.25) is 0 Å². The summed E-state index contributed by atoms with van der Waals surface area (Å²) in [5.41, 5.74) is 2.24. The first-order valence-corrected chi connectivity index (χ1v) is 9.01. The van der Waals surface area contributed by atoms with Crippen molar-refractivity contribution in [2.24, 2.45) is 0 Å². The van der Waals surface area contributed by atoms with Crippen molar-refractivity contribution in [2.75, 3.05) is 20.2 Å². The van der Waals surface area contributed by atoms with Crippen LogP contribution in [0.1, 0.15) is 24.7 Å². The Kier molecular flexibility index (Phi) is 7.62. The van der Waals surface area contributed by atoms with E-state index in [-0.39, 0.29) is 22.8 Å². The van der Waals surface area contributed by atoms with Crippen LogP contribution in [0.5, 0.6) is 5.75 Å². The zero-order chi connectivity index (χ0) is 17.6. The van der Waals surface area contributed by atoms with E-state index in [1.54, 1.807) is 18.7 Å². The summed E-state index contributed by atoms with van der Waals surface area (Å²) in [6.07, 6.45) is 2.92. The standard InChI is InChI=1S/C17H21N5O2S.ClH/c1-12(23)25-16-7-8-18-10-14(16)9-17-19-20-21-22(17)11-13-3-5-15(24-2)6-4-13;/h3-6,9,16,18H,7-8,10-11H2,1-2H3;1H. The molecule has 1 unspecified atom stereocenters. The third-order valence-electron chi connectivity index (χ3n) is 4.00. The maximum atomic E-state index is 11.5. The third kappa shape index (κ3) is 5.30. The summed E-state index contributed by atoms with van der Waals surface area (Å²) in [4.78, 5) is 11.5. The monoisotopic (exact) mass is 395 g/mol. The Morgan fingerprint density at radius 2 is 2.19 bits per heavy atom. The molecule has 1 N–H and O–H groups in total. The Morgan fingerprint density at radius 1 is 1.42 bits per heavy atom. The number of nitrogens with zero attached hydrogens (tertiary/aromatic N) is 4. The summed E-state index contributed by atoms with van der Waals surface area (Å²) in [6.45, 7) is 3.85. The quantitative estimate of drug-likeness (QED) is 0.830. The van der Waals surface area contributed by atoms with E-state index >= 15 is 0 Å². The lowest BCUT2D eigenvalue weighted by molar-refractivity contribution is -0.109. The van der Waals surface area contributed by atoms with Gasteiger partial charge >= 0.3 is 0 Å². The van der Waals surface area contributed by atoms with Gasteiger partial charge in [-0.25, -0.2) is 4.68 Å². The van der Waals surface area contributed by atoms with Crippen molar-refractivity contribution in [1.82, 2.24) is 25.5 Å². The van der Waals surface area contributed by atoms with Crippen LogP contribution in [0, 0.1) is 0 Å². The number of nitrogens with one attached hydrogen (secondary N) is 1. The van der Waals surface area contributed by atoms with Crippen molar-refractivity contribution >= 4 is 35.4 Å². The van der Waals surface area contributed by atoms with Crippen molar-refractivity contribution in [1.29, 1.82) is 0 Å². The smallest absolute Gasteiger partial charge is 0.186 e. The molecule has 1 saturated heterocycles. The van der Waals surface area contributed by atoms with Gasteiger partial charge in [-0.3, -0.25) is 4.79 Å². The molecule has 1 aliphatic heterocycles. The van der Waals surface area contributed by atoms with Crippen LogP contribution in [0.4, 0.5) is 0 Å². The van der Waals surface area contributed by atoms with E-state index in [1.807, 2.05) is 30.3 Å². The van der Waals surface area contributed by atoms with Gasteiger partial charge < -0.3 is 10.1 Å². The molecule has 1 fully saturated rings. The van der Waals surface area contributed by atoms with Gasteiger partial charge in [-0.2, -0.15) is 0 Å². The van der Waals surface area contributed by atoms with Gasteiger partial charge in [0.15, 0.2) is 10.9 Å². The molecule has 1 aromatic heterocycles. The number of thioether (sulfide) groups is 1. The number of ether oxygens (including phenoxy) is 1. The topological polar surface area (TPSA) is 81.9 Å². The van der Waals surface area contributed by atoms with E-state index in [0.717, 1.165) is 36.4 Å². The van der Waals surface area contributed by atoms with Gasteiger partial charge in [-0.1, -0.05) is 23.9 Å². The van der Waals surface area contributed by atoms with Crippen molar-refractivity contribution < 1.29 is 9.53 Å². The third-order valence-corrected chi connectivity index (χ3v) is 5.15. The average molecular weight is 396 g/mol. The van der Waals surface area contributed by atoms with Crippen molar-refractivity contribution in [3.8, 4) is 5.75 Å². The Bertz CT molecular complexity index is 763. The normalized spacial score (nSPS) is 18.4. The van der Waals surface area contributed by atoms with Crippen LogP contribution in [-0.2, 0) is 11.3 Å². The predicted octanol–water partition coefficient (Wildman–Crippen LogP) is 2.18. The molecule has 0 amide bonds. The molecule has 1 aliphatic rings. The number of carbonyl (C=O) groups excluding carboxylic acids is 1. The summed E-state index contributed by atoms with van der Waals surface area (Å²) < 4.78 is 6.94. The molecule has 26 heavy (non-hydrogen) atoms. The number of hydrogen-bond acceptors (Lipinski definition) is 7. The van der Waals surface area contributed by atoms with E-state index in [9.17, 15) is 4.79 Å². The summed E-state index contributed by atoms with van der Waals surface area (Å²) in [6, 6.07) is 7.83. The second-order valence-electron chi connectivity index (χ2n) is 5.83. The predicted molar refractivity (Wildman–Crippen MR) is 105 cm³/mol. The maximum Gasteiger partial charge on any atom is 0.186 e. The minimum atomic E-state index is 0. The summed E-state index contributed by atoms with van der Waals surface area (Å²) >= 11 is 1.38. The van der Waals surface area contributed by atoms with Gasteiger partial charge in [0.25, 0.3) is 0 Å². The number of hydrogen-bond donors (Lipinski definition) is 1. The Balaban J connectivity index is 0.00000243. The molecule has 9 heteroatoms. The van der Waals surface area contributed by atoms with Gasteiger partial charge in [0.05, 0.1) is 13.7 Å². The molecule has 2 aromatic rings. The minimum Gasteiger partial charge on any atom is -0.497 e. The highest BCUT2D eigenvalue weighted by molar-refractivity contribution is 8.14. The van der Waals surface area contributed by atoms with E-state index in [1.165, 1.54) is 11.8 Å². The highest BCUT2D eigenvalue weighted by Crippen LogP contribution is 2.26. The lowest BCUT2D eigenvalue weighted by Crippen LogP contribution is -2.32. The van der Waals surface area contributed by atoms with E-state index in [2.05, 4.69) is 20.8 Å². The van der Waals surface area contributed by atoms with E-state index < -0.39 is 0 Å². The van der Waals surface area contributed by atoms with Crippen LogP contribution < -0.4 is 10.1 Å². The lowest BCUT2D eigenvalue weighted by Gasteiger charge is -2.24. The summed E-state index contributed by atoms with van der Waals surface area (Å²) in [7, 11) is 1.65. The molecule has 0 spiro atoms. The van der Waals surface area contributed by atoms with Crippen LogP contribution >= 0.6 is 24.2 Å². The van der Waals surface area contributed by atoms with Gasteiger partial charge in [-0.15, -0.1) is 17.5 Å². The molecular weight excluding hydrogens is 374 g/mol. The Morgan fingerprint density at radius 3 is 2.88 bits per heavy atom. The molecule has 0 bridgehead atoms. The average Bonchev–Trinajstić information content (AvgIpc) is 3.04. The second-order valence-corrected chi connectivity index (χ2v) is 7.21. The number of halogens is 1. The minimum absolute atomic E-state index is 0. The van der Waals surface area contributed by atoms with Gasteiger partial charge in [0, 0.05) is 18.7 Å². The molecular formula is C17H22ClN5O2S. The van der Waals surface area contributed by atoms with Crippen LogP contribution in [0.15, 0.2) is 29.8 Å². The highest BCUT2D eigenvalue weighted by atomic mass is 35.5. The van der Waals surface area contributed by atoms with Crippen molar-refractivity contribution in [3.05, 3.63) is 41.2 Å². The van der Waals surface area contributed by atoms with Crippen LogP contribution in [-0.4, -0.2) is 50.8 Å². The fourth-order valence-electron chi connectivity index (χ4n) is 2.74. The first-order chi connectivity index (χ1) is 12.2. The number of rotatable bonds is 5. The zero-order valence-corrected chi connectivity index (χ0v) is 16.3. The first kappa shape index (κ1) is 20.4. The molecule has 1 atom stereocenters. The highest BCUT2D eigenvalue weighted by Gasteiger charge is 2.21. The van der Waals surface area contributed by atoms with Gasteiger partial charge in [-0.05, 0) is 52.7 Å². The fourth-order valence-corrected chi connectivity index (χ4v) is 3.68. The van der Waals surface area contributed by atoms with Crippen LogP contribution in [0.3, 0.4) is 0 Å². The fraction of sp³-hybridized carbons (Fsp3) is 0.412. The summed E-state index contributed by atoms with van der Waals surface area (Å²) in [5.74, 6) is 1.52. The number of carbonyl (C=O) groups is 1. The molecule has 0 radical (unpaired) electrons. The number of tetrazole rings is 1. The lowest BCUT2D eigenvalue weighted by atomic mass is 10.1. The number of methoxy groups -OCH3 is 1. The Labute approximate surface area is 163 Å². The van der Waals surface area contributed by atoms with Crippen molar-refractivity contribution in [3.63, 3.8) is 0 Å². The SMILES string of the molecule is COc1ccc(Cn2nnnc2C=C2CNCCC2SC(C)=O)cc1.Cl. The molecule has 0 aliphatic carbocycles. The maximum absolute atomic E-state index is 11.5. The molecule has 1 aromatic carbocycles. The largest absolute Gasteiger partial charge is 0.497 e. The number of benzene rings is 1. The Hall–Kier alpha value is -1.90. The van der Waals surface area contributed by atoms with E-state index in [4.69, 9.17) is 4.74 Å². The second kappa shape index (κ2) is 9.70. The van der Waals surface area contributed by atoms with Crippen LogP contribution in [0.2, 0.25) is 0 Å². The number of piperidine rings is 1. The number of aromatic nitrogens is 4. The van der Waals surface area contributed by atoms with Gasteiger partial charge in [0.1, 0.15) is 5.75 Å². The molecule has 2 heterocycles.